The number of guanidine groups is 1. The summed E-state index contributed by atoms with van der Waals surface area (Å²) in [7, 11) is 3.85. The Labute approximate surface area is 147 Å². The average molecular weight is 416 g/mol. The van der Waals surface area contributed by atoms with Gasteiger partial charge in [-0.15, -0.1) is 24.0 Å². The van der Waals surface area contributed by atoms with Crippen LogP contribution in [0.1, 0.15) is 20.3 Å². The third-order valence-electron chi connectivity index (χ3n) is 2.73. The van der Waals surface area contributed by atoms with Gasteiger partial charge in [0.25, 0.3) is 0 Å². The highest BCUT2D eigenvalue weighted by atomic mass is 127. The van der Waals surface area contributed by atoms with Crippen molar-refractivity contribution in [2.45, 2.75) is 20.3 Å². The molecule has 0 spiro atoms. The van der Waals surface area contributed by atoms with Crippen molar-refractivity contribution in [2.75, 3.05) is 66.7 Å². The molecule has 0 rings (SSSR count). The lowest BCUT2D eigenvalue weighted by Crippen LogP contribution is -2.39. The number of hydrogen-bond donors (Lipinski definition) is 2. The van der Waals surface area contributed by atoms with Crippen LogP contribution in [0.2, 0.25) is 0 Å². The molecule has 2 N–H and O–H groups in total. The highest BCUT2D eigenvalue weighted by Gasteiger charge is 1.99. The van der Waals surface area contributed by atoms with Gasteiger partial charge < -0.3 is 25.0 Å². The van der Waals surface area contributed by atoms with Crippen LogP contribution in [-0.2, 0) is 9.47 Å². The van der Waals surface area contributed by atoms with Crippen molar-refractivity contribution < 1.29 is 9.47 Å². The summed E-state index contributed by atoms with van der Waals surface area (Å²) in [6.45, 7) is 10.8. The van der Waals surface area contributed by atoms with Crippen LogP contribution in [0.25, 0.3) is 0 Å². The van der Waals surface area contributed by atoms with E-state index in [2.05, 4.69) is 34.5 Å². The number of nitrogens with one attached hydrogen (secondary N) is 2. The number of hydrogen-bond acceptors (Lipinski definition) is 4. The van der Waals surface area contributed by atoms with Gasteiger partial charge in [0.05, 0.1) is 13.2 Å². The Morgan fingerprint density at radius 3 is 2.52 bits per heavy atom. The van der Waals surface area contributed by atoms with Crippen LogP contribution in [0.3, 0.4) is 0 Å². The van der Waals surface area contributed by atoms with Crippen LogP contribution in [0.5, 0.6) is 0 Å². The molecule has 0 aliphatic heterocycles. The van der Waals surface area contributed by atoms with Crippen molar-refractivity contribution in [3.05, 3.63) is 0 Å². The first-order chi connectivity index (χ1) is 9.74. The number of aliphatic imine (C=N–C) groups is 1. The maximum atomic E-state index is 5.29. The fourth-order valence-electron chi connectivity index (χ4n) is 1.65. The second-order valence-electron chi connectivity index (χ2n) is 4.53. The fraction of sp³-hybridized carbons (Fsp3) is 0.929. The number of halogens is 1. The normalized spacial score (nSPS) is 11.4. The minimum Gasteiger partial charge on any atom is -0.385 e. The maximum Gasteiger partial charge on any atom is 0.191 e. The molecule has 0 saturated carbocycles. The van der Waals surface area contributed by atoms with Crippen LogP contribution in [0.15, 0.2) is 4.99 Å². The highest BCUT2D eigenvalue weighted by Crippen LogP contribution is 1.88. The monoisotopic (exact) mass is 416 g/mol. The zero-order valence-electron chi connectivity index (χ0n) is 14.0. The predicted octanol–water partition coefficient (Wildman–Crippen LogP) is 1.16. The molecule has 0 radical (unpaired) electrons. The Morgan fingerprint density at radius 1 is 1.14 bits per heavy atom. The maximum absolute atomic E-state index is 5.29. The van der Waals surface area contributed by atoms with E-state index < -0.39 is 0 Å². The van der Waals surface area contributed by atoms with Crippen molar-refractivity contribution in [2.24, 2.45) is 4.99 Å². The van der Waals surface area contributed by atoms with E-state index in [0.29, 0.717) is 6.61 Å². The largest absolute Gasteiger partial charge is 0.385 e. The summed E-state index contributed by atoms with van der Waals surface area (Å²) in [5, 5.41) is 6.49. The van der Waals surface area contributed by atoms with Gasteiger partial charge in [-0.1, -0.05) is 0 Å². The molecule has 0 unspecified atom stereocenters. The number of methoxy groups -OCH3 is 1. The molecule has 128 valence electrons. The molecule has 0 fully saturated rings. The van der Waals surface area contributed by atoms with E-state index in [-0.39, 0.29) is 24.0 Å². The number of rotatable bonds is 12. The number of likely N-dealkylation sites (N-methyl/N-ethyl adjacent to an activating group) is 1. The van der Waals surface area contributed by atoms with Gasteiger partial charge in [-0.2, -0.15) is 0 Å². The van der Waals surface area contributed by atoms with E-state index in [1.807, 2.05) is 6.92 Å². The summed E-state index contributed by atoms with van der Waals surface area (Å²) >= 11 is 0. The van der Waals surface area contributed by atoms with Gasteiger partial charge in [0.15, 0.2) is 5.96 Å². The molecule has 21 heavy (non-hydrogen) atoms. The number of nitrogens with zero attached hydrogens (tertiary/aromatic N) is 2. The smallest absolute Gasteiger partial charge is 0.191 e. The Kier molecular flexibility index (Phi) is 19.8. The third-order valence-corrected chi connectivity index (χ3v) is 2.73. The molecule has 6 nitrogen and oxygen atoms in total. The van der Waals surface area contributed by atoms with E-state index in [1.165, 1.54) is 0 Å². The summed E-state index contributed by atoms with van der Waals surface area (Å²) in [5.41, 5.74) is 0. The van der Waals surface area contributed by atoms with Crippen molar-refractivity contribution in [1.82, 2.24) is 15.5 Å². The molecular weight excluding hydrogens is 383 g/mol. The minimum absolute atomic E-state index is 0. The molecule has 0 heterocycles. The molecule has 0 aliphatic carbocycles. The zero-order chi connectivity index (χ0) is 15.1. The van der Waals surface area contributed by atoms with Gasteiger partial charge in [-0.25, -0.2) is 0 Å². The van der Waals surface area contributed by atoms with Crippen molar-refractivity contribution in [1.29, 1.82) is 0 Å². The lowest BCUT2D eigenvalue weighted by molar-refractivity contribution is 0.152. The summed E-state index contributed by atoms with van der Waals surface area (Å²) in [6, 6.07) is 0. The zero-order valence-corrected chi connectivity index (χ0v) is 16.3. The van der Waals surface area contributed by atoms with E-state index in [0.717, 1.165) is 58.3 Å². The van der Waals surface area contributed by atoms with Gasteiger partial charge in [0, 0.05) is 46.5 Å². The summed E-state index contributed by atoms with van der Waals surface area (Å²) < 4.78 is 10.3. The van der Waals surface area contributed by atoms with Crippen molar-refractivity contribution in [3.63, 3.8) is 0 Å². The molecular formula is C14H33IN4O2. The average Bonchev–Trinajstić information content (AvgIpc) is 2.44. The van der Waals surface area contributed by atoms with E-state index >= 15 is 0 Å². The Bertz CT molecular complexity index is 243. The Morgan fingerprint density at radius 2 is 1.90 bits per heavy atom. The van der Waals surface area contributed by atoms with Gasteiger partial charge in [0.2, 0.25) is 0 Å². The lowest BCUT2D eigenvalue weighted by Gasteiger charge is -2.16. The van der Waals surface area contributed by atoms with Crippen LogP contribution < -0.4 is 10.6 Å². The quantitative estimate of drug-likeness (QED) is 0.217. The molecule has 0 saturated heterocycles. The second kappa shape index (κ2) is 17.9. The topological polar surface area (TPSA) is 58.1 Å². The molecule has 0 amide bonds. The molecule has 0 aromatic rings. The second-order valence-corrected chi connectivity index (χ2v) is 4.53. The Hall–Kier alpha value is -0.120. The van der Waals surface area contributed by atoms with Crippen LogP contribution in [0, 0.1) is 0 Å². The van der Waals surface area contributed by atoms with E-state index in [1.54, 1.807) is 7.11 Å². The summed E-state index contributed by atoms with van der Waals surface area (Å²) in [4.78, 5) is 6.82. The molecule has 0 aliphatic rings. The van der Waals surface area contributed by atoms with E-state index in [4.69, 9.17) is 9.47 Å². The molecule has 0 atom stereocenters. The summed E-state index contributed by atoms with van der Waals surface area (Å²) in [5.74, 6) is 0.859. The SMILES string of the molecule is CCNC(=NCCN(C)CCCOC)NCCOCC.I. The first-order valence-corrected chi connectivity index (χ1v) is 7.52. The standard InChI is InChI=1S/C14H32N4O2.HI/c1-5-15-14(17-9-13-20-6-2)16-8-11-18(3)10-7-12-19-4;/h5-13H2,1-4H3,(H2,15,16,17);1H. The highest BCUT2D eigenvalue weighted by molar-refractivity contribution is 14.0. The van der Waals surface area contributed by atoms with Gasteiger partial charge in [0.1, 0.15) is 0 Å². The number of ether oxygens (including phenoxy) is 2. The fourth-order valence-corrected chi connectivity index (χ4v) is 1.65. The third kappa shape index (κ3) is 16.1. The first kappa shape index (κ1) is 23.2. The Balaban J connectivity index is 0. The van der Waals surface area contributed by atoms with E-state index in [9.17, 15) is 0 Å². The van der Waals surface area contributed by atoms with Gasteiger partial charge in [-0.3, -0.25) is 4.99 Å². The van der Waals surface area contributed by atoms with Crippen LogP contribution in [0.4, 0.5) is 0 Å². The van der Waals surface area contributed by atoms with Crippen molar-refractivity contribution >= 4 is 29.9 Å². The van der Waals surface area contributed by atoms with Crippen molar-refractivity contribution in [3.8, 4) is 0 Å². The molecule has 7 heteroatoms. The van der Waals surface area contributed by atoms with Crippen LogP contribution in [-0.4, -0.2) is 77.6 Å². The predicted molar refractivity (Wildman–Crippen MR) is 99.9 cm³/mol. The first-order valence-electron chi connectivity index (χ1n) is 7.52. The summed E-state index contributed by atoms with van der Waals surface area (Å²) in [6.07, 6.45) is 1.06. The molecule has 0 aromatic heterocycles. The lowest BCUT2D eigenvalue weighted by atomic mass is 10.4. The van der Waals surface area contributed by atoms with Gasteiger partial charge >= 0.3 is 0 Å². The molecule has 0 bridgehead atoms. The van der Waals surface area contributed by atoms with Crippen LogP contribution >= 0.6 is 24.0 Å². The minimum atomic E-state index is 0. The van der Waals surface area contributed by atoms with Gasteiger partial charge in [-0.05, 0) is 27.3 Å². The molecule has 0 aromatic carbocycles.